The van der Waals surface area contributed by atoms with Crippen molar-refractivity contribution in [1.29, 1.82) is 0 Å². The van der Waals surface area contributed by atoms with Gasteiger partial charge in [-0.3, -0.25) is 19.9 Å². The summed E-state index contributed by atoms with van der Waals surface area (Å²) in [4.78, 5) is 31.3. The lowest BCUT2D eigenvalue weighted by Gasteiger charge is -2.19. The third-order valence-corrected chi connectivity index (χ3v) is 26.6. The molecule has 8 heteroatoms. The van der Waals surface area contributed by atoms with Gasteiger partial charge in [0, 0.05) is 135 Å². The number of rotatable bonds is 12. The minimum atomic E-state index is 0.957. The molecule has 568 valence electrons. The summed E-state index contributed by atoms with van der Waals surface area (Å²) in [7, 11) is 0. The fourth-order valence-corrected chi connectivity index (χ4v) is 21.2. The van der Waals surface area contributed by atoms with E-state index in [1.165, 1.54) is 130 Å². The summed E-state index contributed by atoms with van der Waals surface area (Å²) in [5, 5.41) is 19.4. The van der Waals surface area contributed by atoms with Gasteiger partial charge in [-0.2, -0.15) is 0 Å². The van der Waals surface area contributed by atoms with E-state index in [2.05, 4.69) is 372 Å². The molecule has 0 aliphatic heterocycles. The Morgan fingerprint density at radius 2 is 0.467 bits per heavy atom. The minimum Gasteiger partial charge on any atom is -0.264 e. The molecule has 0 unspecified atom stereocenters. The van der Waals surface area contributed by atoms with Crippen molar-refractivity contribution in [2.75, 3.05) is 0 Å². The highest BCUT2D eigenvalue weighted by atomic mass is 32.1. The van der Waals surface area contributed by atoms with Gasteiger partial charge in [0.05, 0.1) is 22.4 Å². The summed E-state index contributed by atoms with van der Waals surface area (Å²) in [5.74, 6) is 0. The highest BCUT2D eigenvalue weighted by Gasteiger charge is 2.27. The number of pyridine rings is 6. The van der Waals surface area contributed by atoms with Gasteiger partial charge in [0.15, 0.2) is 0 Å². The van der Waals surface area contributed by atoms with Crippen LogP contribution in [0.2, 0.25) is 0 Å². The molecule has 122 heavy (non-hydrogen) atoms. The lowest BCUT2D eigenvalue weighted by atomic mass is 9.84. The normalized spacial score (nSPS) is 11.6. The third kappa shape index (κ3) is 12.5. The zero-order valence-corrected chi connectivity index (χ0v) is 67.5. The number of hydrogen-bond acceptors (Lipinski definition) is 8. The zero-order chi connectivity index (χ0) is 80.6. The fraction of sp³-hybridized carbons (Fsp3) is 0. The lowest BCUT2D eigenvalue weighted by Crippen LogP contribution is -1.92. The van der Waals surface area contributed by atoms with E-state index in [4.69, 9.17) is 9.97 Å². The summed E-state index contributed by atoms with van der Waals surface area (Å²) >= 11 is 3.61. The molecule has 0 aliphatic rings. The van der Waals surface area contributed by atoms with E-state index in [1.807, 2.05) is 73.8 Å². The van der Waals surface area contributed by atoms with Crippen LogP contribution in [0.25, 0.3) is 239 Å². The minimum absolute atomic E-state index is 0.957. The number of para-hydroxylation sites is 2. The van der Waals surface area contributed by atoms with E-state index in [9.17, 15) is 0 Å². The first-order valence-electron chi connectivity index (χ1n) is 41.1. The van der Waals surface area contributed by atoms with Crippen molar-refractivity contribution in [3.05, 3.63) is 426 Å². The SMILES string of the molecule is c1ccc(-c2ccc(-c3c4ccccc4c(-c4ccc(-c5nc6ccccc6c6sc(-c7cccnc7)c(-c7cccnc7)c56)cc4)c4ccccc34)cc2)cc1.c1cncc(-c2sc3c(c(-c4ccc(-c5ccc6c(-c7ccc8ccccc8c7)c7ccccc7c(-c7ccc8ccccc8c7)c6c5)cc4)nc4ccccc43)c2-c2cccnc2)c1. The molecule has 0 amide bonds. The van der Waals surface area contributed by atoms with Crippen LogP contribution in [0.5, 0.6) is 0 Å². The quantitative estimate of drug-likeness (QED) is 0.113. The molecule has 0 aliphatic carbocycles. The van der Waals surface area contributed by atoms with Crippen molar-refractivity contribution < 1.29 is 0 Å². The van der Waals surface area contributed by atoms with Gasteiger partial charge in [-0.1, -0.05) is 322 Å². The fourth-order valence-electron chi connectivity index (χ4n) is 18.5. The van der Waals surface area contributed by atoms with Crippen LogP contribution in [0.15, 0.2) is 426 Å². The lowest BCUT2D eigenvalue weighted by molar-refractivity contribution is 1.33. The highest BCUT2D eigenvalue weighted by Crippen LogP contribution is 2.54. The maximum absolute atomic E-state index is 5.43. The molecule has 24 rings (SSSR count). The van der Waals surface area contributed by atoms with Crippen LogP contribution in [-0.2, 0) is 0 Å². The second kappa shape index (κ2) is 30.4. The van der Waals surface area contributed by atoms with Crippen LogP contribution < -0.4 is 0 Å². The van der Waals surface area contributed by atoms with E-state index in [0.29, 0.717) is 0 Å². The molecule has 0 N–H and O–H groups in total. The van der Waals surface area contributed by atoms with Crippen molar-refractivity contribution in [3.63, 3.8) is 0 Å². The summed E-state index contributed by atoms with van der Waals surface area (Å²) < 4.78 is 2.42. The smallest absolute Gasteiger partial charge is 0.0803 e. The van der Waals surface area contributed by atoms with Gasteiger partial charge in [-0.05, 0) is 186 Å². The second-order valence-electron chi connectivity index (χ2n) is 31.1. The number of hydrogen-bond donors (Lipinski definition) is 0. The molecule has 0 saturated heterocycles. The van der Waals surface area contributed by atoms with Crippen molar-refractivity contribution in [3.8, 4) is 132 Å². The van der Waals surface area contributed by atoms with Gasteiger partial charge in [0.2, 0.25) is 0 Å². The molecule has 8 heterocycles. The molecule has 0 fully saturated rings. The van der Waals surface area contributed by atoms with E-state index >= 15 is 0 Å². The van der Waals surface area contributed by atoms with Crippen LogP contribution >= 0.6 is 22.7 Å². The monoisotopic (exact) mass is 1590 g/mol. The summed E-state index contributed by atoms with van der Waals surface area (Å²) in [5.41, 5.74) is 27.1. The number of aromatic nitrogens is 6. The Morgan fingerprint density at radius 3 is 0.877 bits per heavy atom. The van der Waals surface area contributed by atoms with Gasteiger partial charge in [0.1, 0.15) is 0 Å². The standard InChI is InChI=1S/C61H37N3S.C53H33N3S/c1-3-13-42-33-45(27-23-38(42)11-1)55-49-17-5-6-18-50(49)56(46-28-24-39-12-2-4-14-43(39)34-46)53-35-44(29-30-51(53)55)40-21-25-41(26-22-40)59-58-57(47-15-9-31-62-36-47)60(48-16-10-32-63-37-48)65-61(58)52-19-7-8-20-54(52)64-59;1-2-12-34(13-3-1)35-22-24-36(25-23-35)47-41-16-4-6-18-43(41)48(44-19-7-5-17-42(44)47)37-26-28-38(29-27-37)51-50-49(39-14-10-30-54-32-39)52(40-15-11-31-55-33-40)57-53(50)45-20-8-9-21-46(45)56-51/h1-37H;1-33H. The average molecular weight is 1590 g/mol. The Kier molecular flexibility index (Phi) is 17.9. The van der Waals surface area contributed by atoms with E-state index in [1.54, 1.807) is 22.7 Å². The van der Waals surface area contributed by atoms with Crippen molar-refractivity contribution in [1.82, 2.24) is 29.9 Å². The molecular weight excluding hydrogens is 1520 g/mol. The Labute approximate surface area is 712 Å². The van der Waals surface area contributed by atoms with E-state index in [0.717, 1.165) is 109 Å². The molecule has 0 bridgehead atoms. The Bertz CT molecular complexity index is 8150. The summed E-state index contributed by atoms with van der Waals surface area (Å²) in [6, 6.07) is 136. The zero-order valence-electron chi connectivity index (χ0n) is 65.9. The van der Waals surface area contributed by atoms with Crippen molar-refractivity contribution in [2.45, 2.75) is 0 Å². The molecule has 0 atom stereocenters. The third-order valence-electron chi connectivity index (χ3n) is 24.1. The van der Waals surface area contributed by atoms with Gasteiger partial charge in [-0.25, -0.2) is 9.97 Å². The maximum Gasteiger partial charge on any atom is 0.0803 e. The molecule has 8 aromatic heterocycles. The van der Waals surface area contributed by atoms with Crippen LogP contribution in [0.1, 0.15) is 0 Å². The summed E-state index contributed by atoms with van der Waals surface area (Å²) in [6.45, 7) is 0. The summed E-state index contributed by atoms with van der Waals surface area (Å²) in [6.07, 6.45) is 15.1. The van der Waals surface area contributed by atoms with Crippen LogP contribution in [-0.4, -0.2) is 29.9 Å². The Hall–Kier alpha value is -15.6. The van der Waals surface area contributed by atoms with Gasteiger partial charge >= 0.3 is 0 Å². The Balaban J connectivity index is 0.000000143. The van der Waals surface area contributed by atoms with Crippen LogP contribution in [0.3, 0.4) is 0 Å². The largest absolute Gasteiger partial charge is 0.264 e. The predicted molar refractivity (Wildman–Crippen MR) is 516 cm³/mol. The number of nitrogens with zero attached hydrogens (tertiary/aromatic N) is 6. The average Bonchev–Trinajstić information content (AvgIpc) is 1.61. The van der Waals surface area contributed by atoms with Crippen LogP contribution in [0.4, 0.5) is 0 Å². The van der Waals surface area contributed by atoms with E-state index < -0.39 is 0 Å². The van der Waals surface area contributed by atoms with E-state index in [-0.39, 0.29) is 0 Å². The van der Waals surface area contributed by atoms with Crippen molar-refractivity contribution >= 4 is 129 Å². The van der Waals surface area contributed by atoms with Gasteiger partial charge < -0.3 is 0 Å². The number of benzene rings is 16. The highest BCUT2D eigenvalue weighted by molar-refractivity contribution is 7.24. The molecular formula is C114H70N6S2. The Morgan fingerprint density at radius 1 is 0.172 bits per heavy atom. The van der Waals surface area contributed by atoms with Crippen LogP contribution in [0, 0.1) is 0 Å². The first kappa shape index (κ1) is 71.7. The number of thiophene rings is 2. The molecule has 0 radical (unpaired) electrons. The number of fused-ring (bicyclic) bond motifs is 12. The first-order chi connectivity index (χ1) is 60.5. The second-order valence-corrected chi connectivity index (χ2v) is 33.1. The maximum atomic E-state index is 5.43. The molecule has 0 spiro atoms. The van der Waals surface area contributed by atoms with Crippen molar-refractivity contribution in [2.24, 2.45) is 0 Å². The first-order valence-corrected chi connectivity index (χ1v) is 42.8. The molecule has 24 aromatic rings. The molecule has 16 aromatic carbocycles. The van der Waals surface area contributed by atoms with Gasteiger partial charge in [0.25, 0.3) is 0 Å². The van der Waals surface area contributed by atoms with Gasteiger partial charge in [-0.15, -0.1) is 22.7 Å². The molecule has 6 nitrogen and oxygen atoms in total. The molecule has 0 saturated carbocycles. The predicted octanol–water partition coefficient (Wildman–Crippen LogP) is 31.4. The topological polar surface area (TPSA) is 77.3 Å².